The summed E-state index contributed by atoms with van der Waals surface area (Å²) >= 11 is 1.42. The highest BCUT2D eigenvalue weighted by molar-refractivity contribution is 7.09. The predicted octanol–water partition coefficient (Wildman–Crippen LogP) is 2.20. The molecule has 0 radical (unpaired) electrons. The quantitative estimate of drug-likeness (QED) is 0.791. The molecular formula is C9H14F3N3S. The van der Waals surface area contributed by atoms with Gasteiger partial charge in [0.05, 0.1) is 18.2 Å². The lowest BCUT2D eigenvalue weighted by atomic mass is 10.4. The van der Waals surface area contributed by atoms with Crippen molar-refractivity contribution in [2.75, 3.05) is 6.54 Å². The monoisotopic (exact) mass is 253 g/mol. The highest BCUT2D eigenvalue weighted by atomic mass is 32.1. The van der Waals surface area contributed by atoms with Crippen LogP contribution < -0.4 is 11.1 Å². The van der Waals surface area contributed by atoms with Crippen LogP contribution in [0.15, 0.2) is 5.38 Å². The molecule has 7 heteroatoms. The first-order chi connectivity index (χ1) is 7.38. The standard InChI is InChI=1S/C9H14F3N3S/c1-6(13)8-15-7(5-16-8)4-14-3-2-9(10,11)12/h5-6,14H,2-4,13H2,1H3. The molecule has 0 aliphatic carbocycles. The Hall–Kier alpha value is -0.660. The zero-order valence-corrected chi connectivity index (χ0v) is 9.66. The Morgan fingerprint density at radius 2 is 2.25 bits per heavy atom. The molecule has 92 valence electrons. The molecule has 0 aliphatic rings. The van der Waals surface area contributed by atoms with Crippen LogP contribution >= 0.6 is 11.3 Å². The van der Waals surface area contributed by atoms with Gasteiger partial charge in [0.15, 0.2) is 0 Å². The first-order valence-electron chi connectivity index (χ1n) is 4.86. The van der Waals surface area contributed by atoms with E-state index < -0.39 is 12.6 Å². The number of hydrogen-bond donors (Lipinski definition) is 2. The van der Waals surface area contributed by atoms with E-state index in [0.717, 1.165) is 10.7 Å². The van der Waals surface area contributed by atoms with Gasteiger partial charge in [-0.2, -0.15) is 13.2 Å². The summed E-state index contributed by atoms with van der Waals surface area (Å²) in [5.41, 5.74) is 6.35. The number of hydrogen-bond acceptors (Lipinski definition) is 4. The molecule has 3 nitrogen and oxygen atoms in total. The minimum atomic E-state index is -4.11. The lowest BCUT2D eigenvalue weighted by molar-refractivity contribution is -0.133. The van der Waals surface area contributed by atoms with Crippen molar-refractivity contribution >= 4 is 11.3 Å². The van der Waals surface area contributed by atoms with E-state index in [1.54, 1.807) is 5.38 Å². The fourth-order valence-electron chi connectivity index (χ4n) is 1.06. The Morgan fingerprint density at radius 1 is 1.56 bits per heavy atom. The van der Waals surface area contributed by atoms with Crippen LogP contribution in [0.2, 0.25) is 0 Å². The molecule has 0 amide bonds. The summed E-state index contributed by atoms with van der Waals surface area (Å²) in [6.07, 6.45) is -4.93. The van der Waals surface area contributed by atoms with E-state index in [-0.39, 0.29) is 12.6 Å². The van der Waals surface area contributed by atoms with Crippen LogP contribution in [-0.4, -0.2) is 17.7 Å². The molecular weight excluding hydrogens is 239 g/mol. The van der Waals surface area contributed by atoms with Gasteiger partial charge in [-0.05, 0) is 6.92 Å². The van der Waals surface area contributed by atoms with Gasteiger partial charge in [-0.3, -0.25) is 0 Å². The van der Waals surface area contributed by atoms with Gasteiger partial charge in [0.1, 0.15) is 5.01 Å². The minimum Gasteiger partial charge on any atom is -0.322 e. The van der Waals surface area contributed by atoms with Crippen LogP contribution in [0, 0.1) is 0 Å². The van der Waals surface area contributed by atoms with Crippen molar-refractivity contribution in [3.63, 3.8) is 0 Å². The van der Waals surface area contributed by atoms with E-state index in [0.29, 0.717) is 6.54 Å². The molecule has 3 N–H and O–H groups in total. The summed E-state index contributed by atoms with van der Waals surface area (Å²) < 4.78 is 35.5. The summed E-state index contributed by atoms with van der Waals surface area (Å²) in [6, 6.07) is -0.131. The molecule has 0 bridgehead atoms. The molecule has 1 unspecified atom stereocenters. The number of nitrogens with one attached hydrogen (secondary N) is 1. The van der Waals surface area contributed by atoms with E-state index in [1.807, 2.05) is 6.92 Å². The summed E-state index contributed by atoms with van der Waals surface area (Å²) in [5, 5.41) is 5.30. The van der Waals surface area contributed by atoms with Gasteiger partial charge in [-0.15, -0.1) is 11.3 Å². The Bertz CT molecular complexity index is 322. The van der Waals surface area contributed by atoms with Gasteiger partial charge < -0.3 is 11.1 Å². The smallest absolute Gasteiger partial charge is 0.322 e. The first kappa shape index (κ1) is 13.4. The third-order valence-corrected chi connectivity index (χ3v) is 2.94. The average Bonchev–Trinajstić information content (AvgIpc) is 2.59. The third-order valence-electron chi connectivity index (χ3n) is 1.85. The topological polar surface area (TPSA) is 50.9 Å². The van der Waals surface area contributed by atoms with Crippen LogP contribution in [0.4, 0.5) is 13.2 Å². The Morgan fingerprint density at radius 3 is 2.75 bits per heavy atom. The van der Waals surface area contributed by atoms with Crippen molar-refractivity contribution < 1.29 is 13.2 Å². The predicted molar refractivity (Wildman–Crippen MR) is 57.1 cm³/mol. The van der Waals surface area contributed by atoms with Crippen LogP contribution in [0.1, 0.15) is 30.1 Å². The molecule has 0 aliphatic heterocycles. The van der Waals surface area contributed by atoms with Gasteiger partial charge in [0.25, 0.3) is 0 Å². The molecule has 0 spiro atoms. The minimum absolute atomic E-state index is 0.0888. The molecule has 0 saturated carbocycles. The Balaban J connectivity index is 2.27. The summed E-state index contributed by atoms with van der Waals surface area (Å²) in [4.78, 5) is 4.19. The molecule has 1 aromatic rings. The van der Waals surface area contributed by atoms with Crippen molar-refractivity contribution in [3.05, 3.63) is 16.1 Å². The number of nitrogens with zero attached hydrogens (tertiary/aromatic N) is 1. The van der Waals surface area contributed by atoms with Gasteiger partial charge in [0.2, 0.25) is 0 Å². The van der Waals surface area contributed by atoms with Crippen LogP contribution in [0.25, 0.3) is 0 Å². The average molecular weight is 253 g/mol. The van der Waals surface area contributed by atoms with Gasteiger partial charge in [-0.1, -0.05) is 0 Å². The highest BCUT2D eigenvalue weighted by Crippen LogP contribution is 2.18. The van der Waals surface area contributed by atoms with Gasteiger partial charge in [0, 0.05) is 18.5 Å². The Kier molecular flexibility index (Phi) is 4.69. The summed E-state index contributed by atoms with van der Waals surface area (Å²) in [7, 11) is 0. The molecule has 1 atom stereocenters. The largest absolute Gasteiger partial charge is 0.390 e. The SMILES string of the molecule is CC(N)c1nc(CNCCC(F)(F)F)cs1. The van der Waals surface area contributed by atoms with Crippen molar-refractivity contribution in [2.24, 2.45) is 5.73 Å². The fourth-order valence-corrected chi connectivity index (χ4v) is 1.84. The molecule has 0 fully saturated rings. The number of aromatic nitrogens is 1. The van der Waals surface area contributed by atoms with E-state index in [1.165, 1.54) is 11.3 Å². The normalized spacial score (nSPS) is 14.1. The lowest BCUT2D eigenvalue weighted by Gasteiger charge is -2.06. The van der Waals surface area contributed by atoms with Crippen molar-refractivity contribution in [1.29, 1.82) is 0 Å². The molecule has 1 aromatic heterocycles. The summed E-state index contributed by atoms with van der Waals surface area (Å²) in [6.45, 7) is 2.08. The maximum atomic E-state index is 11.8. The van der Waals surface area contributed by atoms with E-state index in [9.17, 15) is 13.2 Å². The van der Waals surface area contributed by atoms with E-state index >= 15 is 0 Å². The second-order valence-corrected chi connectivity index (χ2v) is 4.40. The van der Waals surface area contributed by atoms with Crippen molar-refractivity contribution in [2.45, 2.75) is 32.1 Å². The molecule has 1 heterocycles. The zero-order valence-electron chi connectivity index (χ0n) is 8.84. The number of nitrogens with two attached hydrogens (primary N) is 1. The van der Waals surface area contributed by atoms with Gasteiger partial charge in [-0.25, -0.2) is 4.98 Å². The second-order valence-electron chi connectivity index (χ2n) is 3.51. The fraction of sp³-hybridized carbons (Fsp3) is 0.667. The highest BCUT2D eigenvalue weighted by Gasteiger charge is 2.25. The van der Waals surface area contributed by atoms with E-state index in [4.69, 9.17) is 5.73 Å². The van der Waals surface area contributed by atoms with Crippen molar-refractivity contribution in [3.8, 4) is 0 Å². The maximum absolute atomic E-state index is 11.8. The van der Waals surface area contributed by atoms with Crippen molar-refractivity contribution in [1.82, 2.24) is 10.3 Å². The maximum Gasteiger partial charge on any atom is 0.390 e. The molecule has 0 aromatic carbocycles. The zero-order chi connectivity index (χ0) is 12.2. The molecule has 0 saturated heterocycles. The number of alkyl halides is 3. The molecule has 1 rings (SSSR count). The second kappa shape index (κ2) is 5.60. The van der Waals surface area contributed by atoms with Gasteiger partial charge >= 0.3 is 6.18 Å². The molecule has 16 heavy (non-hydrogen) atoms. The Labute approximate surface area is 95.9 Å². The van der Waals surface area contributed by atoms with Crippen LogP contribution in [-0.2, 0) is 6.54 Å². The van der Waals surface area contributed by atoms with Crippen LogP contribution in [0.5, 0.6) is 0 Å². The van der Waals surface area contributed by atoms with E-state index in [2.05, 4.69) is 10.3 Å². The third kappa shape index (κ3) is 4.91. The lowest BCUT2D eigenvalue weighted by Crippen LogP contribution is -2.21. The number of thiazole rings is 1. The number of rotatable bonds is 5. The summed E-state index contributed by atoms with van der Waals surface area (Å²) in [5.74, 6) is 0. The number of halogens is 3. The first-order valence-corrected chi connectivity index (χ1v) is 5.74. The van der Waals surface area contributed by atoms with Crippen LogP contribution in [0.3, 0.4) is 0 Å².